The molecule has 0 atom stereocenters. The van der Waals surface area contributed by atoms with Crippen LogP contribution in [-0.2, 0) is 10.0 Å². The lowest BCUT2D eigenvalue weighted by atomic mass is 10.4. The van der Waals surface area contributed by atoms with E-state index in [1.165, 1.54) is 11.3 Å². The molecule has 0 amide bonds. The summed E-state index contributed by atoms with van der Waals surface area (Å²) < 4.78 is 29.7. The van der Waals surface area contributed by atoms with Crippen LogP contribution in [0.4, 0.5) is 5.82 Å². The molecule has 3 rings (SSSR count). The summed E-state index contributed by atoms with van der Waals surface area (Å²) in [4.78, 5) is 5.06. The van der Waals surface area contributed by atoms with Crippen LogP contribution in [0, 0.1) is 0 Å². The van der Waals surface area contributed by atoms with Gasteiger partial charge in [0.15, 0.2) is 15.8 Å². The molecule has 6 nitrogen and oxygen atoms in total. The zero-order valence-corrected chi connectivity index (χ0v) is 13.1. The first kappa shape index (κ1) is 13.8. The van der Waals surface area contributed by atoms with Crippen LogP contribution in [0.3, 0.4) is 0 Å². The standard InChI is InChI=1S/C12H18N4O2S2/c1-3-6-13-9-10(16-7-8-19-11(16)14-9)20(17,18)15-12(2)4-5-12/h7-8,13,15H,3-6H2,1-2H3. The summed E-state index contributed by atoms with van der Waals surface area (Å²) in [5.74, 6) is 0.440. The quantitative estimate of drug-likeness (QED) is 0.855. The zero-order chi connectivity index (χ0) is 14.4. The normalized spacial score (nSPS) is 17.5. The van der Waals surface area contributed by atoms with Gasteiger partial charge in [0.1, 0.15) is 0 Å². The van der Waals surface area contributed by atoms with Gasteiger partial charge in [-0.05, 0) is 26.2 Å². The first-order valence-corrected chi connectivity index (χ1v) is 9.05. The highest BCUT2D eigenvalue weighted by molar-refractivity contribution is 7.89. The number of rotatable bonds is 6. The minimum atomic E-state index is -3.58. The second-order valence-electron chi connectivity index (χ2n) is 5.41. The summed E-state index contributed by atoms with van der Waals surface area (Å²) >= 11 is 1.43. The van der Waals surface area contributed by atoms with E-state index in [0.29, 0.717) is 17.3 Å². The van der Waals surface area contributed by atoms with Gasteiger partial charge in [0.05, 0.1) is 0 Å². The molecule has 2 aromatic heterocycles. The fraction of sp³-hybridized carbons (Fsp3) is 0.583. The third-order valence-corrected chi connectivity index (χ3v) is 5.81. The number of anilines is 1. The summed E-state index contributed by atoms with van der Waals surface area (Å²) in [5.41, 5.74) is -0.291. The number of thiazole rings is 1. The molecule has 1 aliphatic carbocycles. The molecule has 2 aromatic rings. The number of hydrogen-bond donors (Lipinski definition) is 2. The highest BCUT2D eigenvalue weighted by atomic mass is 32.2. The number of fused-ring (bicyclic) bond motifs is 1. The van der Waals surface area contributed by atoms with E-state index in [4.69, 9.17) is 0 Å². The molecule has 1 fully saturated rings. The largest absolute Gasteiger partial charge is 0.368 e. The van der Waals surface area contributed by atoms with Crippen molar-refractivity contribution in [2.45, 2.75) is 43.7 Å². The van der Waals surface area contributed by atoms with E-state index >= 15 is 0 Å². The number of aromatic nitrogens is 2. The van der Waals surface area contributed by atoms with Crippen molar-refractivity contribution in [2.24, 2.45) is 0 Å². The zero-order valence-electron chi connectivity index (χ0n) is 11.5. The molecule has 0 unspecified atom stereocenters. The number of nitrogens with one attached hydrogen (secondary N) is 2. The number of hydrogen-bond acceptors (Lipinski definition) is 5. The first-order chi connectivity index (χ1) is 9.45. The molecule has 1 saturated carbocycles. The average Bonchev–Trinajstić information content (AvgIpc) is 2.79. The summed E-state index contributed by atoms with van der Waals surface area (Å²) in [5, 5.41) is 5.16. The Morgan fingerprint density at radius 2 is 2.25 bits per heavy atom. The van der Waals surface area contributed by atoms with Gasteiger partial charge < -0.3 is 5.32 Å². The first-order valence-electron chi connectivity index (χ1n) is 6.69. The van der Waals surface area contributed by atoms with Crippen LogP contribution >= 0.6 is 11.3 Å². The summed E-state index contributed by atoms with van der Waals surface area (Å²) in [6.45, 7) is 4.66. The molecule has 2 heterocycles. The van der Waals surface area contributed by atoms with E-state index in [9.17, 15) is 8.42 Å². The van der Waals surface area contributed by atoms with E-state index < -0.39 is 10.0 Å². The Morgan fingerprint density at radius 3 is 2.90 bits per heavy atom. The summed E-state index contributed by atoms with van der Waals surface area (Å²) in [7, 11) is -3.58. The maximum atomic E-state index is 12.6. The van der Waals surface area contributed by atoms with Crippen LogP contribution < -0.4 is 10.0 Å². The molecule has 0 aromatic carbocycles. The Bertz CT molecular complexity index is 728. The molecule has 110 valence electrons. The maximum absolute atomic E-state index is 12.6. The van der Waals surface area contributed by atoms with Crippen molar-refractivity contribution < 1.29 is 8.42 Å². The molecular formula is C12H18N4O2S2. The third kappa shape index (κ3) is 2.43. The molecular weight excluding hydrogens is 296 g/mol. The van der Waals surface area contributed by atoms with Crippen molar-refractivity contribution >= 4 is 32.1 Å². The maximum Gasteiger partial charge on any atom is 0.260 e. The molecule has 8 heteroatoms. The average molecular weight is 314 g/mol. The van der Waals surface area contributed by atoms with Gasteiger partial charge in [-0.25, -0.2) is 18.1 Å². The Morgan fingerprint density at radius 1 is 1.50 bits per heavy atom. The van der Waals surface area contributed by atoms with E-state index in [1.807, 2.05) is 19.2 Å². The van der Waals surface area contributed by atoms with Crippen LogP contribution in [0.15, 0.2) is 16.6 Å². The van der Waals surface area contributed by atoms with Gasteiger partial charge in [-0.3, -0.25) is 4.40 Å². The van der Waals surface area contributed by atoms with E-state index in [0.717, 1.165) is 19.3 Å². The van der Waals surface area contributed by atoms with Crippen LogP contribution in [0.2, 0.25) is 0 Å². The smallest absolute Gasteiger partial charge is 0.260 e. The molecule has 2 N–H and O–H groups in total. The Labute approximate surface area is 122 Å². The lowest BCUT2D eigenvalue weighted by Gasteiger charge is -2.13. The highest BCUT2D eigenvalue weighted by Gasteiger charge is 2.42. The predicted molar refractivity (Wildman–Crippen MR) is 79.8 cm³/mol. The minimum absolute atomic E-state index is 0.218. The van der Waals surface area contributed by atoms with Crippen molar-refractivity contribution in [3.8, 4) is 0 Å². The lowest BCUT2D eigenvalue weighted by Crippen LogP contribution is -2.35. The Balaban J connectivity index is 2.05. The van der Waals surface area contributed by atoms with Gasteiger partial charge in [0.25, 0.3) is 10.0 Å². The van der Waals surface area contributed by atoms with E-state index in [-0.39, 0.29) is 10.6 Å². The molecule has 0 spiro atoms. The molecule has 0 radical (unpaired) electrons. The van der Waals surface area contributed by atoms with Gasteiger partial charge in [0, 0.05) is 23.7 Å². The van der Waals surface area contributed by atoms with Crippen LogP contribution in [0.5, 0.6) is 0 Å². The molecule has 0 bridgehead atoms. The monoisotopic (exact) mass is 314 g/mol. The highest BCUT2D eigenvalue weighted by Crippen LogP contribution is 2.37. The predicted octanol–water partition coefficient (Wildman–Crippen LogP) is 2.05. The van der Waals surface area contributed by atoms with Crippen LogP contribution in [0.1, 0.15) is 33.1 Å². The van der Waals surface area contributed by atoms with Gasteiger partial charge in [-0.2, -0.15) is 0 Å². The Hall–Kier alpha value is -1.12. The van der Waals surface area contributed by atoms with Crippen LogP contribution in [0.25, 0.3) is 4.96 Å². The SMILES string of the molecule is CCCNc1nc2sccn2c1S(=O)(=O)NC1(C)CC1. The lowest BCUT2D eigenvalue weighted by molar-refractivity contribution is 0.554. The fourth-order valence-electron chi connectivity index (χ4n) is 2.04. The van der Waals surface area contributed by atoms with Crippen molar-refractivity contribution in [1.29, 1.82) is 0 Å². The molecule has 0 saturated heterocycles. The summed E-state index contributed by atoms with van der Waals surface area (Å²) in [6.07, 6.45) is 4.43. The number of sulfonamides is 1. The van der Waals surface area contributed by atoms with Gasteiger partial charge in [-0.1, -0.05) is 6.92 Å². The van der Waals surface area contributed by atoms with Crippen molar-refractivity contribution in [2.75, 3.05) is 11.9 Å². The van der Waals surface area contributed by atoms with Crippen molar-refractivity contribution in [3.05, 3.63) is 11.6 Å². The topological polar surface area (TPSA) is 75.5 Å². The minimum Gasteiger partial charge on any atom is -0.368 e. The van der Waals surface area contributed by atoms with Crippen molar-refractivity contribution in [3.63, 3.8) is 0 Å². The summed E-state index contributed by atoms with van der Waals surface area (Å²) in [6, 6.07) is 0. The van der Waals surface area contributed by atoms with Gasteiger partial charge in [0.2, 0.25) is 0 Å². The molecule has 0 aliphatic heterocycles. The van der Waals surface area contributed by atoms with Crippen molar-refractivity contribution in [1.82, 2.24) is 14.1 Å². The Kier molecular flexibility index (Phi) is 3.26. The third-order valence-electron chi connectivity index (χ3n) is 3.40. The molecule has 20 heavy (non-hydrogen) atoms. The number of nitrogens with zero attached hydrogens (tertiary/aromatic N) is 2. The fourth-order valence-corrected chi connectivity index (χ4v) is 4.54. The van der Waals surface area contributed by atoms with Gasteiger partial charge in [-0.15, -0.1) is 11.3 Å². The van der Waals surface area contributed by atoms with Crippen LogP contribution in [-0.4, -0.2) is 29.9 Å². The van der Waals surface area contributed by atoms with E-state index in [2.05, 4.69) is 15.0 Å². The second-order valence-corrected chi connectivity index (χ2v) is 7.88. The van der Waals surface area contributed by atoms with Gasteiger partial charge >= 0.3 is 0 Å². The number of imidazole rings is 1. The second kappa shape index (κ2) is 4.71. The molecule has 1 aliphatic rings. The van der Waals surface area contributed by atoms with E-state index in [1.54, 1.807) is 10.6 Å².